The third kappa shape index (κ3) is 4.96. The monoisotopic (exact) mass is 442 g/mol. The van der Waals surface area contributed by atoms with E-state index < -0.39 is 12.1 Å². The second kappa shape index (κ2) is 10.1. The molecule has 168 valence electrons. The summed E-state index contributed by atoms with van der Waals surface area (Å²) in [7, 11) is 0. The van der Waals surface area contributed by atoms with E-state index in [1.807, 2.05) is 42.5 Å². The van der Waals surface area contributed by atoms with Crippen molar-refractivity contribution in [1.82, 2.24) is 4.98 Å². The highest BCUT2D eigenvalue weighted by molar-refractivity contribution is 6.02. The summed E-state index contributed by atoms with van der Waals surface area (Å²) in [5.74, 6) is -0.356. The lowest BCUT2D eigenvalue weighted by atomic mass is 10.1. The lowest BCUT2D eigenvalue weighted by Crippen LogP contribution is -2.40. The third-order valence-corrected chi connectivity index (χ3v) is 5.74. The predicted octanol–water partition coefficient (Wildman–Crippen LogP) is 4.33. The van der Waals surface area contributed by atoms with Gasteiger partial charge in [-0.3, -0.25) is 4.79 Å². The Hall–Kier alpha value is -3.92. The summed E-state index contributed by atoms with van der Waals surface area (Å²) in [6.07, 6.45) is 1.25. The molecule has 33 heavy (non-hydrogen) atoms. The highest BCUT2D eigenvalue weighted by atomic mass is 16.5. The number of nitrogens with zero attached hydrogens (tertiary/aromatic N) is 4. The minimum absolute atomic E-state index is 0.176. The average Bonchev–Trinajstić information content (AvgIpc) is 3.39. The quantitative estimate of drug-likeness (QED) is 0.506. The van der Waals surface area contributed by atoms with Crippen LogP contribution in [0.3, 0.4) is 0 Å². The number of rotatable bonds is 7. The topological polar surface area (TPSA) is 86.5 Å². The Bertz CT molecular complexity index is 1180. The number of hydrogen-bond acceptors (Lipinski definition) is 6. The highest BCUT2D eigenvalue weighted by Gasteiger charge is 2.28. The first-order valence-corrected chi connectivity index (χ1v) is 11.2. The lowest BCUT2D eigenvalue weighted by molar-refractivity contribution is -0.126. The second-order valence-corrected chi connectivity index (χ2v) is 8.03. The van der Waals surface area contributed by atoms with Gasteiger partial charge in [0.25, 0.3) is 5.91 Å². The first kappa shape index (κ1) is 22.3. The number of benzene rings is 2. The number of anilines is 2. The number of para-hydroxylation sites is 2. The normalized spacial score (nSPS) is 14.0. The Morgan fingerprint density at radius 3 is 2.55 bits per heavy atom. The van der Waals surface area contributed by atoms with Crippen LogP contribution in [0.1, 0.15) is 36.5 Å². The number of esters is 1. The average molecular weight is 443 g/mol. The molecule has 1 aromatic heterocycles. The summed E-state index contributed by atoms with van der Waals surface area (Å²) >= 11 is 0. The summed E-state index contributed by atoms with van der Waals surface area (Å²) < 4.78 is 5.65. The van der Waals surface area contributed by atoms with Crippen LogP contribution >= 0.6 is 0 Å². The number of amides is 1. The molecule has 1 aliphatic heterocycles. The van der Waals surface area contributed by atoms with Gasteiger partial charge in [-0.2, -0.15) is 5.26 Å². The minimum Gasteiger partial charge on any atom is -0.449 e. The van der Waals surface area contributed by atoms with E-state index in [-0.39, 0.29) is 18.9 Å². The maximum Gasteiger partial charge on any atom is 0.342 e. The van der Waals surface area contributed by atoms with E-state index in [9.17, 15) is 9.59 Å². The maximum atomic E-state index is 13.2. The number of ether oxygens (including phenoxy) is 1. The van der Waals surface area contributed by atoms with Crippen molar-refractivity contribution in [3.63, 3.8) is 0 Å². The Balaban J connectivity index is 1.59. The fraction of sp³-hybridized carbons (Fsp3) is 0.308. The van der Waals surface area contributed by atoms with Crippen molar-refractivity contribution in [2.45, 2.75) is 32.3 Å². The minimum atomic E-state index is -1.02. The molecule has 4 rings (SSSR count). The zero-order valence-electron chi connectivity index (χ0n) is 18.6. The molecule has 0 N–H and O–H groups in total. The molecule has 1 aliphatic rings. The largest absolute Gasteiger partial charge is 0.449 e. The van der Waals surface area contributed by atoms with E-state index in [4.69, 9.17) is 15.0 Å². The van der Waals surface area contributed by atoms with Gasteiger partial charge in [0, 0.05) is 30.7 Å². The smallest absolute Gasteiger partial charge is 0.342 e. The van der Waals surface area contributed by atoms with E-state index in [2.05, 4.69) is 11.0 Å². The number of hydrogen-bond donors (Lipinski definition) is 0. The summed E-state index contributed by atoms with van der Waals surface area (Å²) in [6, 6.07) is 20.6. The molecule has 1 saturated heterocycles. The van der Waals surface area contributed by atoms with Crippen LogP contribution in [-0.2, 0) is 9.53 Å². The summed E-state index contributed by atoms with van der Waals surface area (Å²) in [4.78, 5) is 34.8. The molecule has 1 amide bonds. The van der Waals surface area contributed by atoms with Gasteiger partial charge in [-0.15, -0.1) is 0 Å². The van der Waals surface area contributed by atoms with E-state index in [1.54, 1.807) is 25.1 Å². The van der Waals surface area contributed by atoms with Crippen LogP contribution in [-0.4, -0.2) is 42.6 Å². The summed E-state index contributed by atoms with van der Waals surface area (Å²) in [5.41, 5.74) is 1.83. The molecule has 1 unspecified atom stereocenters. The molecule has 7 nitrogen and oxygen atoms in total. The number of fused-ring (bicyclic) bond motifs is 1. The zero-order valence-corrected chi connectivity index (χ0v) is 18.6. The molecule has 7 heteroatoms. The molecular weight excluding hydrogens is 416 g/mol. The number of nitriles is 1. The molecule has 3 aromatic rings. The van der Waals surface area contributed by atoms with Gasteiger partial charge in [0.15, 0.2) is 6.10 Å². The number of pyridine rings is 1. The standard InChI is InChI=1S/C26H26N4O3/c1-19(25(31)30(17-9-14-27)21-11-3-2-4-12-21)33-26(32)22-18-20-10-5-6-13-23(20)28-24(22)29-15-7-8-16-29/h2-6,10-13,18-19H,7-9,15-17H2,1H3. The Kier molecular flexibility index (Phi) is 6.84. The van der Waals surface area contributed by atoms with Crippen LogP contribution in [0.2, 0.25) is 0 Å². The van der Waals surface area contributed by atoms with Crippen LogP contribution < -0.4 is 9.80 Å². The van der Waals surface area contributed by atoms with Gasteiger partial charge in [0.05, 0.1) is 18.0 Å². The number of aromatic nitrogens is 1. The highest BCUT2D eigenvalue weighted by Crippen LogP contribution is 2.28. The van der Waals surface area contributed by atoms with E-state index in [1.165, 1.54) is 4.90 Å². The van der Waals surface area contributed by atoms with Crippen molar-refractivity contribution < 1.29 is 14.3 Å². The van der Waals surface area contributed by atoms with Gasteiger partial charge in [0.1, 0.15) is 11.4 Å². The molecule has 2 aromatic carbocycles. The van der Waals surface area contributed by atoms with Crippen molar-refractivity contribution in [2.24, 2.45) is 0 Å². The van der Waals surface area contributed by atoms with Gasteiger partial charge < -0.3 is 14.5 Å². The molecule has 0 radical (unpaired) electrons. The lowest BCUT2D eigenvalue weighted by Gasteiger charge is -2.26. The second-order valence-electron chi connectivity index (χ2n) is 8.03. The summed E-state index contributed by atoms with van der Waals surface area (Å²) in [6.45, 7) is 3.44. The van der Waals surface area contributed by atoms with Crippen LogP contribution in [0.5, 0.6) is 0 Å². The van der Waals surface area contributed by atoms with Gasteiger partial charge in [-0.1, -0.05) is 36.4 Å². The first-order chi connectivity index (χ1) is 16.1. The van der Waals surface area contributed by atoms with Gasteiger partial charge in [-0.25, -0.2) is 9.78 Å². The zero-order chi connectivity index (χ0) is 23.2. The van der Waals surface area contributed by atoms with E-state index in [0.29, 0.717) is 17.1 Å². The van der Waals surface area contributed by atoms with Crippen LogP contribution in [0.15, 0.2) is 60.7 Å². The van der Waals surface area contributed by atoms with Crippen molar-refractivity contribution in [3.8, 4) is 6.07 Å². The number of carbonyl (C=O) groups excluding carboxylic acids is 2. The molecule has 0 aliphatic carbocycles. The Labute approximate surface area is 193 Å². The van der Waals surface area contributed by atoms with Gasteiger partial charge >= 0.3 is 5.97 Å². The van der Waals surface area contributed by atoms with Crippen molar-refractivity contribution in [3.05, 3.63) is 66.2 Å². The van der Waals surface area contributed by atoms with Crippen LogP contribution in [0, 0.1) is 11.3 Å². The molecular formula is C26H26N4O3. The van der Waals surface area contributed by atoms with Crippen LogP contribution in [0.25, 0.3) is 10.9 Å². The Morgan fingerprint density at radius 1 is 1.12 bits per heavy atom. The first-order valence-electron chi connectivity index (χ1n) is 11.2. The van der Waals surface area contributed by atoms with Crippen molar-refractivity contribution in [1.29, 1.82) is 5.26 Å². The Morgan fingerprint density at radius 2 is 1.82 bits per heavy atom. The number of carbonyl (C=O) groups is 2. The molecule has 1 fully saturated rings. The van der Waals surface area contributed by atoms with E-state index >= 15 is 0 Å². The molecule has 0 saturated carbocycles. The van der Waals surface area contributed by atoms with Crippen molar-refractivity contribution >= 4 is 34.3 Å². The maximum absolute atomic E-state index is 13.2. The van der Waals surface area contributed by atoms with Crippen LogP contribution in [0.4, 0.5) is 11.5 Å². The van der Waals surface area contributed by atoms with E-state index in [0.717, 1.165) is 36.8 Å². The fourth-order valence-corrected chi connectivity index (χ4v) is 4.06. The van der Waals surface area contributed by atoms with Crippen molar-refractivity contribution in [2.75, 3.05) is 29.4 Å². The predicted molar refractivity (Wildman–Crippen MR) is 127 cm³/mol. The summed E-state index contributed by atoms with van der Waals surface area (Å²) in [5, 5.41) is 9.85. The third-order valence-electron chi connectivity index (χ3n) is 5.74. The fourth-order valence-electron chi connectivity index (χ4n) is 4.06. The molecule has 0 bridgehead atoms. The SMILES string of the molecule is CC(OC(=O)c1cc2ccccc2nc1N1CCCC1)C(=O)N(CCC#N)c1ccccc1. The molecule has 0 spiro atoms. The molecule has 1 atom stereocenters. The van der Waals surface area contributed by atoms with Gasteiger partial charge in [-0.05, 0) is 44.0 Å². The van der Waals surface area contributed by atoms with Gasteiger partial charge in [0.2, 0.25) is 0 Å². The molecule has 2 heterocycles.